The first kappa shape index (κ1) is 14.9. The van der Waals surface area contributed by atoms with E-state index in [0.29, 0.717) is 24.5 Å². The third kappa shape index (κ3) is 5.01. The van der Waals surface area contributed by atoms with Crippen molar-refractivity contribution in [1.82, 2.24) is 5.32 Å². The highest BCUT2D eigenvalue weighted by Gasteiger charge is 2.09. The van der Waals surface area contributed by atoms with E-state index in [2.05, 4.69) is 57.3 Å². The molecule has 0 aliphatic heterocycles. The minimum absolute atomic E-state index is 0.275. The molecule has 0 bridgehead atoms. The maximum atomic E-state index is 11.9. The van der Waals surface area contributed by atoms with Crippen LogP contribution in [-0.2, 0) is 11.2 Å². The minimum Gasteiger partial charge on any atom is -0.314 e. The molecule has 0 heterocycles. The highest BCUT2D eigenvalue weighted by Crippen LogP contribution is 2.15. The summed E-state index contributed by atoms with van der Waals surface area (Å²) < 4.78 is 0. The average molecular weight is 247 g/mol. The number of hydrogen-bond donors (Lipinski definition) is 1. The summed E-state index contributed by atoms with van der Waals surface area (Å²) in [5.41, 5.74) is 2.44. The molecule has 0 saturated carbocycles. The van der Waals surface area contributed by atoms with Crippen molar-refractivity contribution in [3.63, 3.8) is 0 Å². The van der Waals surface area contributed by atoms with Gasteiger partial charge in [0.2, 0.25) is 0 Å². The number of Topliss-reactive ketones (excluding diaryl/α,β-unsaturated/α-hetero) is 1. The van der Waals surface area contributed by atoms with Gasteiger partial charge in [0.1, 0.15) is 5.78 Å². The molecule has 1 rings (SSSR count). The van der Waals surface area contributed by atoms with Gasteiger partial charge >= 0.3 is 0 Å². The Morgan fingerprint density at radius 2 is 1.78 bits per heavy atom. The zero-order chi connectivity index (χ0) is 13.5. The van der Waals surface area contributed by atoms with Crippen LogP contribution in [0.5, 0.6) is 0 Å². The Balaban J connectivity index is 2.49. The van der Waals surface area contributed by atoms with Crippen LogP contribution in [0.15, 0.2) is 24.3 Å². The first-order chi connectivity index (χ1) is 8.52. The Labute approximate surface area is 111 Å². The van der Waals surface area contributed by atoms with Crippen LogP contribution in [0.4, 0.5) is 0 Å². The van der Waals surface area contributed by atoms with Crippen LogP contribution in [0.3, 0.4) is 0 Å². The van der Waals surface area contributed by atoms with Crippen molar-refractivity contribution in [1.29, 1.82) is 0 Å². The van der Waals surface area contributed by atoms with Crippen molar-refractivity contribution in [2.75, 3.05) is 6.54 Å². The van der Waals surface area contributed by atoms with Crippen molar-refractivity contribution < 1.29 is 4.79 Å². The molecule has 1 unspecified atom stereocenters. The van der Waals surface area contributed by atoms with Crippen molar-refractivity contribution in [2.24, 2.45) is 0 Å². The van der Waals surface area contributed by atoms with E-state index in [9.17, 15) is 4.79 Å². The maximum Gasteiger partial charge on any atom is 0.138 e. The molecule has 0 saturated heterocycles. The van der Waals surface area contributed by atoms with E-state index in [1.807, 2.05) is 0 Å². The molecule has 0 spiro atoms. The van der Waals surface area contributed by atoms with E-state index in [0.717, 1.165) is 12.1 Å². The number of carbonyl (C=O) groups excluding carboxylic acids is 1. The van der Waals surface area contributed by atoms with E-state index < -0.39 is 0 Å². The number of rotatable bonds is 7. The van der Waals surface area contributed by atoms with Gasteiger partial charge in [-0.2, -0.15) is 0 Å². The van der Waals surface area contributed by atoms with Crippen LogP contribution < -0.4 is 5.32 Å². The predicted octanol–water partition coefficient (Wildman–Crippen LogP) is 3.31. The van der Waals surface area contributed by atoms with Gasteiger partial charge in [0.05, 0.1) is 0 Å². The first-order valence-corrected chi connectivity index (χ1v) is 6.86. The number of hydrogen-bond acceptors (Lipinski definition) is 2. The third-order valence-electron chi connectivity index (χ3n) is 3.13. The minimum atomic E-state index is 0.275. The largest absolute Gasteiger partial charge is 0.314 e. The Morgan fingerprint density at radius 1 is 1.17 bits per heavy atom. The summed E-state index contributed by atoms with van der Waals surface area (Å²) in [6, 6.07) is 8.68. The number of carbonyl (C=O) groups is 1. The summed E-state index contributed by atoms with van der Waals surface area (Å²) in [7, 11) is 0. The lowest BCUT2D eigenvalue weighted by atomic mass is 9.99. The summed E-state index contributed by atoms with van der Waals surface area (Å²) >= 11 is 0. The summed E-state index contributed by atoms with van der Waals surface area (Å²) in [5, 5.41) is 3.27. The number of nitrogens with one attached hydrogen (secondary N) is 1. The summed E-state index contributed by atoms with van der Waals surface area (Å²) in [6.45, 7) is 9.39. The van der Waals surface area contributed by atoms with Gasteiger partial charge in [0.15, 0.2) is 0 Å². The molecule has 1 atom stereocenters. The molecule has 0 aliphatic carbocycles. The van der Waals surface area contributed by atoms with Crippen LogP contribution in [0, 0.1) is 0 Å². The summed E-state index contributed by atoms with van der Waals surface area (Å²) in [5.74, 6) is 0.851. The molecule has 1 N–H and O–H groups in total. The van der Waals surface area contributed by atoms with Gasteiger partial charge in [-0.15, -0.1) is 0 Å². The molecular weight excluding hydrogens is 222 g/mol. The van der Waals surface area contributed by atoms with Crippen molar-refractivity contribution in [3.05, 3.63) is 35.4 Å². The van der Waals surface area contributed by atoms with E-state index in [1.165, 1.54) is 5.56 Å². The van der Waals surface area contributed by atoms with E-state index in [-0.39, 0.29) is 6.04 Å². The smallest absolute Gasteiger partial charge is 0.138 e. The molecule has 0 amide bonds. The van der Waals surface area contributed by atoms with Crippen LogP contribution in [0.25, 0.3) is 0 Å². The van der Waals surface area contributed by atoms with Crippen LogP contribution in [0.1, 0.15) is 51.2 Å². The topological polar surface area (TPSA) is 29.1 Å². The van der Waals surface area contributed by atoms with Crippen molar-refractivity contribution >= 4 is 5.78 Å². The molecule has 1 aromatic rings. The highest BCUT2D eigenvalue weighted by atomic mass is 16.1. The summed E-state index contributed by atoms with van der Waals surface area (Å²) in [6.07, 6.45) is 1.16. The number of benzene rings is 1. The average Bonchev–Trinajstić information content (AvgIpc) is 2.29. The molecule has 0 aromatic heterocycles. The zero-order valence-corrected chi connectivity index (χ0v) is 12.0. The van der Waals surface area contributed by atoms with E-state index >= 15 is 0 Å². The Bertz CT molecular complexity index is 367. The standard InChI is InChI=1S/C16H25NO/c1-5-17-13(4)10-16(18)11-14-6-8-15(9-7-14)12(2)3/h6-9,12-13,17H,5,10-11H2,1-4H3. The van der Waals surface area contributed by atoms with Gasteiger partial charge in [-0.05, 0) is 30.5 Å². The second-order valence-electron chi connectivity index (χ2n) is 5.27. The lowest BCUT2D eigenvalue weighted by Crippen LogP contribution is -2.28. The Hall–Kier alpha value is -1.15. The lowest BCUT2D eigenvalue weighted by molar-refractivity contribution is -0.118. The van der Waals surface area contributed by atoms with Crippen molar-refractivity contribution in [2.45, 2.75) is 52.5 Å². The zero-order valence-electron chi connectivity index (χ0n) is 12.0. The van der Waals surface area contributed by atoms with Crippen molar-refractivity contribution in [3.8, 4) is 0 Å². The SMILES string of the molecule is CCNC(C)CC(=O)Cc1ccc(C(C)C)cc1. The molecule has 1 aromatic carbocycles. The molecule has 2 heteroatoms. The molecular formula is C16H25NO. The van der Waals surface area contributed by atoms with Crippen LogP contribution >= 0.6 is 0 Å². The second-order valence-corrected chi connectivity index (χ2v) is 5.27. The fourth-order valence-corrected chi connectivity index (χ4v) is 2.08. The third-order valence-corrected chi connectivity index (χ3v) is 3.13. The Morgan fingerprint density at radius 3 is 2.28 bits per heavy atom. The fraction of sp³-hybridized carbons (Fsp3) is 0.562. The fourth-order valence-electron chi connectivity index (χ4n) is 2.08. The van der Waals surface area contributed by atoms with Gasteiger partial charge in [-0.3, -0.25) is 4.79 Å². The lowest BCUT2D eigenvalue weighted by Gasteiger charge is -2.11. The van der Waals surface area contributed by atoms with Gasteiger partial charge in [0, 0.05) is 18.9 Å². The normalized spacial score (nSPS) is 12.7. The number of ketones is 1. The second kappa shape index (κ2) is 7.32. The maximum absolute atomic E-state index is 11.9. The van der Waals surface area contributed by atoms with Gasteiger partial charge in [-0.1, -0.05) is 45.0 Å². The van der Waals surface area contributed by atoms with Gasteiger partial charge in [-0.25, -0.2) is 0 Å². The van der Waals surface area contributed by atoms with E-state index in [4.69, 9.17) is 0 Å². The Kier molecular flexibility index (Phi) is 6.06. The molecule has 100 valence electrons. The molecule has 0 radical (unpaired) electrons. The first-order valence-electron chi connectivity index (χ1n) is 6.86. The van der Waals surface area contributed by atoms with Gasteiger partial charge in [0.25, 0.3) is 0 Å². The highest BCUT2D eigenvalue weighted by molar-refractivity contribution is 5.81. The molecule has 18 heavy (non-hydrogen) atoms. The van der Waals surface area contributed by atoms with Gasteiger partial charge < -0.3 is 5.32 Å². The van der Waals surface area contributed by atoms with Crippen LogP contribution in [-0.4, -0.2) is 18.4 Å². The molecule has 2 nitrogen and oxygen atoms in total. The predicted molar refractivity (Wildman–Crippen MR) is 77.0 cm³/mol. The monoisotopic (exact) mass is 247 g/mol. The molecule has 0 fully saturated rings. The summed E-state index contributed by atoms with van der Waals surface area (Å²) in [4.78, 5) is 11.9. The quantitative estimate of drug-likeness (QED) is 0.801. The molecule has 0 aliphatic rings. The van der Waals surface area contributed by atoms with E-state index in [1.54, 1.807) is 0 Å². The van der Waals surface area contributed by atoms with Crippen LogP contribution in [0.2, 0.25) is 0 Å².